The van der Waals surface area contributed by atoms with Gasteiger partial charge in [0.25, 0.3) is 0 Å². The van der Waals surface area contributed by atoms with Gasteiger partial charge in [0, 0.05) is 36.1 Å². The van der Waals surface area contributed by atoms with Crippen LogP contribution in [0.25, 0.3) is 10.6 Å². The molecule has 0 bridgehead atoms. The number of nitrogens with zero attached hydrogens (tertiary/aromatic N) is 2. The normalized spacial score (nSPS) is 18.4. The Bertz CT molecular complexity index is 762. The Morgan fingerprint density at radius 3 is 2.63 bits per heavy atom. The molecule has 144 valence electrons. The third-order valence-corrected chi connectivity index (χ3v) is 6.20. The van der Waals surface area contributed by atoms with Crippen molar-refractivity contribution in [1.82, 2.24) is 15.2 Å². The highest BCUT2D eigenvalue weighted by Gasteiger charge is 2.32. The fourth-order valence-electron chi connectivity index (χ4n) is 3.67. The molecule has 0 radical (unpaired) electrons. The number of hydrogen-bond acceptors (Lipinski definition) is 5. The molecule has 1 amide bonds. The number of ether oxygens (including phenoxy) is 1. The predicted octanol–water partition coefficient (Wildman–Crippen LogP) is 3.49. The topological polar surface area (TPSA) is 54.5 Å². The summed E-state index contributed by atoms with van der Waals surface area (Å²) in [4.78, 5) is 19.6. The van der Waals surface area contributed by atoms with Crippen LogP contribution in [0.2, 0.25) is 0 Å². The molecule has 1 aliphatic heterocycles. The summed E-state index contributed by atoms with van der Waals surface area (Å²) in [6.45, 7) is 4.88. The SMILES string of the molecule is CCOc1ccc(-c2nc(CC(=O)NC3CCN(C4CC4)CC3)cs2)cc1. The first-order valence-electron chi connectivity index (χ1n) is 9.92. The molecule has 2 aliphatic rings. The van der Waals surface area contributed by atoms with Crippen molar-refractivity contribution < 1.29 is 9.53 Å². The van der Waals surface area contributed by atoms with Crippen LogP contribution < -0.4 is 10.1 Å². The molecule has 0 spiro atoms. The second-order valence-electron chi connectivity index (χ2n) is 7.39. The smallest absolute Gasteiger partial charge is 0.226 e. The van der Waals surface area contributed by atoms with Gasteiger partial charge in [-0.25, -0.2) is 4.98 Å². The molecule has 6 heteroatoms. The molecule has 2 aromatic rings. The number of aromatic nitrogens is 1. The molecule has 1 aromatic carbocycles. The first-order chi connectivity index (χ1) is 13.2. The van der Waals surface area contributed by atoms with Crippen molar-refractivity contribution in [1.29, 1.82) is 0 Å². The van der Waals surface area contributed by atoms with Crippen molar-refractivity contribution >= 4 is 17.2 Å². The maximum absolute atomic E-state index is 12.4. The summed E-state index contributed by atoms with van der Waals surface area (Å²) in [5.74, 6) is 0.952. The lowest BCUT2D eigenvalue weighted by atomic mass is 10.0. The molecule has 5 nitrogen and oxygen atoms in total. The van der Waals surface area contributed by atoms with Crippen LogP contribution in [0.3, 0.4) is 0 Å². The van der Waals surface area contributed by atoms with E-state index >= 15 is 0 Å². The first kappa shape index (κ1) is 18.4. The Hall–Kier alpha value is -1.92. The van der Waals surface area contributed by atoms with Crippen molar-refractivity contribution in [3.05, 3.63) is 35.3 Å². The number of rotatable bonds is 7. The van der Waals surface area contributed by atoms with Crippen molar-refractivity contribution in [2.24, 2.45) is 0 Å². The van der Waals surface area contributed by atoms with Gasteiger partial charge in [-0.2, -0.15) is 0 Å². The summed E-state index contributed by atoms with van der Waals surface area (Å²) < 4.78 is 5.48. The van der Waals surface area contributed by atoms with Gasteiger partial charge in [0.2, 0.25) is 5.91 Å². The van der Waals surface area contributed by atoms with E-state index in [9.17, 15) is 4.79 Å². The van der Waals surface area contributed by atoms with E-state index in [2.05, 4.69) is 15.2 Å². The summed E-state index contributed by atoms with van der Waals surface area (Å²) in [6, 6.07) is 9.10. The summed E-state index contributed by atoms with van der Waals surface area (Å²) in [5.41, 5.74) is 1.90. The van der Waals surface area contributed by atoms with Gasteiger partial charge in [-0.05, 0) is 56.9 Å². The highest BCUT2D eigenvalue weighted by molar-refractivity contribution is 7.13. The molecule has 27 heavy (non-hydrogen) atoms. The molecule has 1 aromatic heterocycles. The van der Waals surface area contributed by atoms with Crippen LogP contribution in [0.15, 0.2) is 29.6 Å². The molecule has 1 saturated heterocycles. The second-order valence-corrected chi connectivity index (χ2v) is 8.25. The maximum atomic E-state index is 12.4. The second kappa shape index (κ2) is 8.40. The van der Waals surface area contributed by atoms with Crippen LogP contribution >= 0.6 is 11.3 Å². The van der Waals surface area contributed by atoms with E-state index in [0.717, 1.165) is 54.0 Å². The van der Waals surface area contributed by atoms with Gasteiger partial charge in [-0.3, -0.25) is 4.79 Å². The van der Waals surface area contributed by atoms with Crippen molar-refractivity contribution in [2.75, 3.05) is 19.7 Å². The van der Waals surface area contributed by atoms with Crippen molar-refractivity contribution in [3.8, 4) is 16.3 Å². The van der Waals surface area contributed by atoms with E-state index in [-0.39, 0.29) is 5.91 Å². The maximum Gasteiger partial charge on any atom is 0.226 e. The summed E-state index contributed by atoms with van der Waals surface area (Å²) in [7, 11) is 0. The number of piperidine rings is 1. The average Bonchev–Trinajstić information content (AvgIpc) is 3.43. The highest BCUT2D eigenvalue weighted by atomic mass is 32.1. The number of amides is 1. The van der Waals surface area contributed by atoms with Gasteiger partial charge >= 0.3 is 0 Å². The number of hydrogen-bond donors (Lipinski definition) is 1. The van der Waals surface area contributed by atoms with Gasteiger partial charge in [0.1, 0.15) is 10.8 Å². The van der Waals surface area contributed by atoms with Gasteiger partial charge in [-0.1, -0.05) is 0 Å². The summed E-state index contributed by atoms with van der Waals surface area (Å²) in [6.07, 6.45) is 5.21. The number of nitrogens with one attached hydrogen (secondary N) is 1. The van der Waals surface area contributed by atoms with Gasteiger partial charge in [0.15, 0.2) is 0 Å². The average molecular weight is 386 g/mol. The quantitative estimate of drug-likeness (QED) is 0.793. The monoisotopic (exact) mass is 385 g/mol. The number of carbonyl (C=O) groups excluding carboxylic acids is 1. The molecule has 1 saturated carbocycles. The molecule has 1 N–H and O–H groups in total. The lowest BCUT2D eigenvalue weighted by Gasteiger charge is -2.32. The Kier molecular flexibility index (Phi) is 5.74. The predicted molar refractivity (Wildman–Crippen MR) is 108 cm³/mol. The molecule has 2 heterocycles. The number of thiazole rings is 1. The fourth-order valence-corrected chi connectivity index (χ4v) is 4.50. The fraction of sp³-hybridized carbons (Fsp3) is 0.524. The number of carbonyl (C=O) groups is 1. The Labute approximate surface area is 164 Å². The minimum atomic E-state index is 0.0865. The van der Waals surface area contributed by atoms with Crippen molar-refractivity contribution in [2.45, 2.75) is 51.1 Å². The largest absolute Gasteiger partial charge is 0.494 e. The summed E-state index contributed by atoms with van der Waals surface area (Å²) in [5, 5.41) is 6.13. The standard InChI is InChI=1S/C21H27N3O2S/c1-2-26-19-7-3-15(4-8-19)21-23-17(14-27-21)13-20(25)22-16-9-11-24(12-10-16)18-5-6-18/h3-4,7-8,14,16,18H,2,5-6,9-13H2,1H3,(H,22,25). The van der Waals surface area contributed by atoms with E-state index in [1.807, 2.05) is 36.6 Å². The molecular weight excluding hydrogens is 358 g/mol. The van der Waals surface area contributed by atoms with Crippen LogP contribution in [0.5, 0.6) is 5.75 Å². The molecule has 2 fully saturated rings. The highest BCUT2D eigenvalue weighted by Crippen LogP contribution is 2.29. The van der Waals surface area contributed by atoms with E-state index in [1.165, 1.54) is 12.8 Å². The molecule has 0 atom stereocenters. The molecule has 1 aliphatic carbocycles. The zero-order valence-corrected chi connectivity index (χ0v) is 16.6. The minimum Gasteiger partial charge on any atom is -0.494 e. The third kappa shape index (κ3) is 4.87. The minimum absolute atomic E-state index is 0.0865. The van der Waals surface area contributed by atoms with Gasteiger partial charge in [-0.15, -0.1) is 11.3 Å². The lowest BCUT2D eigenvalue weighted by Crippen LogP contribution is -2.45. The van der Waals surface area contributed by atoms with E-state index < -0.39 is 0 Å². The van der Waals surface area contributed by atoms with E-state index in [1.54, 1.807) is 11.3 Å². The van der Waals surface area contributed by atoms with Crippen LogP contribution in [-0.2, 0) is 11.2 Å². The van der Waals surface area contributed by atoms with E-state index in [0.29, 0.717) is 19.1 Å². The van der Waals surface area contributed by atoms with Crippen LogP contribution in [0.4, 0.5) is 0 Å². The Morgan fingerprint density at radius 1 is 1.22 bits per heavy atom. The summed E-state index contributed by atoms with van der Waals surface area (Å²) >= 11 is 1.58. The first-order valence-corrected chi connectivity index (χ1v) is 10.8. The lowest BCUT2D eigenvalue weighted by molar-refractivity contribution is -0.121. The van der Waals surface area contributed by atoms with Crippen LogP contribution in [0, 0.1) is 0 Å². The zero-order valence-electron chi connectivity index (χ0n) is 15.8. The Morgan fingerprint density at radius 2 is 1.96 bits per heavy atom. The van der Waals surface area contributed by atoms with Gasteiger partial charge < -0.3 is 15.0 Å². The number of benzene rings is 1. The van der Waals surface area contributed by atoms with Gasteiger partial charge in [0.05, 0.1) is 18.7 Å². The zero-order chi connectivity index (χ0) is 18.6. The Balaban J connectivity index is 1.27. The molecule has 0 unspecified atom stereocenters. The van der Waals surface area contributed by atoms with Crippen LogP contribution in [0.1, 0.15) is 38.3 Å². The van der Waals surface area contributed by atoms with Crippen molar-refractivity contribution in [3.63, 3.8) is 0 Å². The third-order valence-electron chi connectivity index (χ3n) is 5.26. The van der Waals surface area contributed by atoms with Crippen LogP contribution in [-0.4, -0.2) is 47.6 Å². The van der Waals surface area contributed by atoms with E-state index in [4.69, 9.17) is 4.74 Å². The molecule has 4 rings (SSSR count). The number of likely N-dealkylation sites (tertiary alicyclic amines) is 1. The molecular formula is C21H27N3O2S.